The molecule has 0 spiro atoms. The first-order chi connectivity index (χ1) is 14.1. The summed E-state index contributed by atoms with van der Waals surface area (Å²) >= 11 is 0. The number of methoxy groups -OCH3 is 2. The van der Waals surface area contributed by atoms with E-state index in [4.69, 9.17) is 14.2 Å². The Morgan fingerprint density at radius 3 is 2.38 bits per heavy atom. The van der Waals surface area contributed by atoms with E-state index in [1.165, 1.54) is 0 Å². The van der Waals surface area contributed by atoms with E-state index in [1.807, 2.05) is 67.6 Å². The molecule has 0 bridgehead atoms. The fraction of sp³-hybridized carbons (Fsp3) is 0.292. The molecule has 3 aromatic carbocycles. The molecule has 0 unspecified atom stereocenters. The lowest BCUT2D eigenvalue weighted by molar-refractivity contribution is -0.138. The number of hydrogen-bond donors (Lipinski definition) is 0. The van der Waals surface area contributed by atoms with Crippen molar-refractivity contribution in [3.8, 4) is 17.2 Å². The second-order valence-corrected chi connectivity index (χ2v) is 6.88. The Morgan fingerprint density at radius 1 is 0.931 bits per heavy atom. The van der Waals surface area contributed by atoms with Gasteiger partial charge in [0.2, 0.25) is 0 Å². The predicted molar refractivity (Wildman–Crippen MR) is 115 cm³/mol. The highest BCUT2D eigenvalue weighted by Crippen LogP contribution is 2.29. The fourth-order valence-electron chi connectivity index (χ4n) is 3.34. The van der Waals surface area contributed by atoms with Crippen LogP contribution in [-0.2, 0) is 11.3 Å². The molecular weight excluding hydrogens is 366 g/mol. The second kappa shape index (κ2) is 9.32. The minimum atomic E-state index is -0.550. The first-order valence-electron chi connectivity index (χ1n) is 9.67. The molecule has 29 heavy (non-hydrogen) atoms. The van der Waals surface area contributed by atoms with Crippen molar-refractivity contribution in [2.24, 2.45) is 0 Å². The van der Waals surface area contributed by atoms with Gasteiger partial charge in [-0.25, -0.2) is 0 Å². The van der Waals surface area contributed by atoms with Gasteiger partial charge < -0.3 is 19.1 Å². The van der Waals surface area contributed by atoms with E-state index in [-0.39, 0.29) is 5.91 Å². The van der Waals surface area contributed by atoms with Crippen LogP contribution in [0.25, 0.3) is 10.8 Å². The van der Waals surface area contributed by atoms with Crippen molar-refractivity contribution < 1.29 is 19.0 Å². The number of rotatable bonds is 8. The third kappa shape index (κ3) is 4.62. The van der Waals surface area contributed by atoms with Crippen molar-refractivity contribution in [3.05, 3.63) is 66.2 Å². The summed E-state index contributed by atoms with van der Waals surface area (Å²) in [5, 5.41) is 2.09. The molecule has 0 N–H and O–H groups in total. The van der Waals surface area contributed by atoms with E-state index >= 15 is 0 Å². The summed E-state index contributed by atoms with van der Waals surface area (Å²) < 4.78 is 16.8. The fourth-order valence-corrected chi connectivity index (χ4v) is 3.34. The normalized spacial score (nSPS) is 11.7. The molecule has 0 saturated carbocycles. The van der Waals surface area contributed by atoms with Gasteiger partial charge >= 0.3 is 0 Å². The highest BCUT2D eigenvalue weighted by atomic mass is 16.5. The summed E-state index contributed by atoms with van der Waals surface area (Å²) in [6.45, 7) is 2.41. The first kappa shape index (κ1) is 20.5. The van der Waals surface area contributed by atoms with Gasteiger partial charge in [0.1, 0.15) is 5.75 Å². The van der Waals surface area contributed by atoms with Gasteiger partial charge in [0, 0.05) is 19.0 Å². The molecule has 0 aliphatic heterocycles. The summed E-state index contributed by atoms with van der Waals surface area (Å²) in [5.41, 5.74) is 0.957. The summed E-state index contributed by atoms with van der Waals surface area (Å²) in [6.07, 6.45) is 0.0316. The number of nitrogens with zero attached hydrogens (tertiary/aromatic N) is 1. The average Bonchev–Trinajstić information content (AvgIpc) is 2.76. The molecule has 0 aliphatic carbocycles. The first-order valence-corrected chi connectivity index (χ1v) is 9.67. The molecule has 1 amide bonds. The van der Waals surface area contributed by atoms with Gasteiger partial charge in [0.05, 0.1) is 14.2 Å². The average molecular weight is 393 g/mol. The van der Waals surface area contributed by atoms with Gasteiger partial charge in [-0.05, 0) is 35.6 Å². The van der Waals surface area contributed by atoms with Crippen LogP contribution in [0.5, 0.6) is 17.2 Å². The van der Waals surface area contributed by atoms with Gasteiger partial charge in [0.25, 0.3) is 5.91 Å². The molecule has 3 rings (SSSR count). The molecule has 152 valence electrons. The monoisotopic (exact) mass is 393 g/mol. The van der Waals surface area contributed by atoms with Gasteiger partial charge in [0.15, 0.2) is 17.6 Å². The van der Waals surface area contributed by atoms with Crippen LogP contribution < -0.4 is 14.2 Å². The lowest BCUT2D eigenvalue weighted by Crippen LogP contribution is -2.39. The third-order valence-corrected chi connectivity index (χ3v) is 4.91. The zero-order valence-electron chi connectivity index (χ0n) is 17.3. The summed E-state index contributed by atoms with van der Waals surface area (Å²) in [6, 6.07) is 19.6. The largest absolute Gasteiger partial charge is 0.493 e. The van der Waals surface area contributed by atoms with E-state index in [0.29, 0.717) is 24.5 Å². The SMILES string of the molecule is CC[C@H](Oc1cccc2ccccc12)C(=O)N(C)Cc1ccc(OC)c(OC)c1. The lowest BCUT2D eigenvalue weighted by Gasteiger charge is -2.24. The van der Waals surface area contributed by atoms with Crippen LogP contribution in [0.1, 0.15) is 18.9 Å². The van der Waals surface area contributed by atoms with Gasteiger partial charge in [-0.2, -0.15) is 0 Å². The second-order valence-electron chi connectivity index (χ2n) is 6.88. The van der Waals surface area contributed by atoms with Crippen molar-refractivity contribution in [2.45, 2.75) is 26.0 Å². The number of benzene rings is 3. The van der Waals surface area contributed by atoms with Crippen LogP contribution in [0.3, 0.4) is 0 Å². The zero-order chi connectivity index (χ0) is 20.8. The van der Waals surface area contributed by atoms with Crippen LogP contribution in [0.4, 0.5) is 0 Å². The molecular formula is C24H27NO4. The maximum absolute atomic E-state index is 13.0. The van der Waals surface area contributed by atoms with E-state index in [0.717, 1.165) is 22.1 Å². The van der Waals surface area contributed by atoms with E-state index in [1.54, 1.807) is 26.2 Å². The van der Waals surface area contributed by atoms with Crippen molar-refractivity contribution in [1.29, 1.82) is 0 Å². The van der Waals surface area contributed by atoms with Gasteiger partial charge in [-0.1, -0.05) is 49.4 Å². The Hall–Kier alpha value is -3.21. The Labute approximate surface area is 171 Å². The van der Waals surface area contributed by atoms with Crippen molar-refractivity contribution >= 4 is 16.7 Å². The molecule has 0 aliphatic rings. The number of carbonyl (C=O) groups is 1. The number of hydrogen-bond acceptors (Lipinski definition) is 4. The topological polar surface area (TPSA) is 48.0 Å². The molecule has 5 nitrogen and oxygen atoms in total. The van der Waals surface area contributed by atoms with E-state index < -0.39 is 6.10 Å². The number of carbonyl (C=O) groups excluding carboxylic acids is 1. The highest BCUT2D eigenvalue weighted by molar-refractivity contribution is 5.89. The van der Waals surface area contributed by atoms with Crippen LogP contribution >= 0.6 is 0 Å². The maximum Gasteiger partial charge on any atom is 0.263 e. The number of fused-ring (bicyclic) bond motifs is 1. The minimum Gasteiger partial charge on any atom is -0.493 e. The molecule has 0 heterocycles. The quantitative estimate of drug-likeness (QED) is 0.558. The molecule has 0 saturated heterocycles. The van der Waals surface area contributed by atoms with Crippen molar-refractivity contribution in [2.75, 3.05) is 21.3 Å². The van der Waals surface area contributed by atoms with Crippen LogP contribution in [-0.4, -0.2) is 38.2 Å². The molecule has 0 radical (unpaired) electrons. The molecule has 0 aromatic heterocycles. The van der Waals surface area contributed by atoms with Crippen LogP contribution in [0.2, 0.25) is 0 Å². The standard InChI is InChI=1S/C24H27NO4/c1-5-20(29-21-12-8-10-18-9-6-7-11-19(18)21)24(26)25(2)16-17-13-14-22(27-3)23(15-17)28-4/h6-15,20H,5,16H2,1-4H3/t20-/m0/s1. The van der Waals surface area contributed by atoms with E-state index in [2.05, 4.69) is 0 Å². The smallest absolute Gasteiger partial charge is 0.263 e. The molecule has 0 fully saturated rings. The predicted octanol–water partition coefficient (Wildman–Crippen LogP) is 4.67. The summed E-state index contributed by atoms with van der Waals surface area (Å²) in [4.78, 5) is 14.7. The Morgan fingerprint density at radius 2 is 1.66 bits per heavy atom. The summed E-state index contributed by atoms with van der Waals surface area (Å²) in [7, 11) is 4.99. The highest BCUT2D eigenvalue weighted by Gasteiger charge is 2.23. The molecule has 1 atom stereocenters. The number of ether oxygens (including phenoxy) is 3. The lowest BCUT2D eigenvalue weighted by atomic mass is 10.1. The Bertz CT molecular complexity index is 980. The third-order valence-electron chi connectivity index (χ3n) is 4.91. The minimum absolute atomic E-state index is 0.0600. The van der Waals surface area contributed by atoms with Crippen LogP contribution in [0.15, 0.2) is 60.7 Å². The Balaban J connectivity index is 1.75. The zero-order valence-corrected chi connectivity index (χ0v) is 17.3. The maximum atomic E-state index is 13.0. The van der Waals surface area contributed by atoms with Gasteiger partial charge in [-0.15, -0.1) is 0 Å². The summed E-state index contributed by atoms with van der Waals surface area (Å²) in [5.74, 6) is 1.97. The number of amides is 1. The molecule has 3 aromatic rings. The van der Waals surface area contributed by atoms with E-state index in [9.17, 15) is 4.79 Å². The Kier molecular flexibility index (Phi) is 6.60. The van der Waals surface area contributed by atoms with Crippen molar-refractivity contribution in [1.82, 2.24) is 4.90 Å². The van der Waals surface area contributed by atoms with Gasteiger partial charge in [-0.3, -0.25) is 4.79 Å². The number of likely N-dealkylation sites (N-methyl/N-ethyl adjacent to an activating group) is 1. The van der Waals surface area contributed by atoms with Crippen LogP contribution in [0, 0.1) is 0 Å². The molecule has 5 heteroatoms. The van der Waals surface area contributed by atoms with Crippen molar-refractivity contribution in [3.63, 3.8) is 0 Å².